The van der Waals surface area contributed by atoms with Crippen LogP contribution >= 0.6 is 0 Å². The summed E-state index contributed by atoms with van der Waals surface area (Å²) in [6.45, 7) is 0.225. The van der Waals surface area contributed by atoms with E-state index in [-0.39, 0.29) is 19.1 Å². The largest absolute Gasteiger partial charge is 0.444 e. The molecule has 0 spiro atoms. The molecule has 0 aliphatic carbocycles. The van der Waals surface area contributed by atoms with Gasteiger partial charge < -0.3 is 14.8 Å². The van der Waals surface area contributed by atoms with Gasteiger partial charge in [0.15, 0.2) is 0 Å². The lowest BCUT2D eigenvalue weighted by Crippen LogP contribution is -2.53. The number of hydrogen-bond donors (Lipinski definition) is 2. The highest BCUT2D eigenvalue weighted by Gasteiger charge is 2.61. The molecular weight excluding hydrogens is 568 g/mol. The minimum atomic E-state index is -0.885. The Morgan fingerprint density at radius 1 is 0.778 bits per heavy atom. The van der Waals surface area contributed by atoms with Gasteiger partial charge in [-0.1, -0.05) is 97.1 Å². The lowest BCUT2D eigenvalue weighted by molar-refractivity contribution is -0.122. The average molecular weight is 601 g/mol. The summed E-state index contributed by atoms with van der Waals surface area (Å²) in [5.74, 6) is -0.190. The van der Waals surface area contributed by atoms with E-state index in [1.165, 1.54) is 4.57 Å². The molecule has 1 saturated heterocycles. The number of fused-ring (bicyclic) bond motifs is 4. The first-order chi connectivity index (χ1) is 22.0. The molecule has 0 saturated carbocycles. The molecule has 9 heteroatoms. The van der Waals surface area contributed by atoms with E-state index in [1.807, 2.05) is 109 Å². The standard InChI is InChI=1S/C36H32N4O5/c1-37-32(41)29-20-36(28-21-39(30-18-10-8-16-26(28)30)34(42)44-22-24-12-4-2-5-13-24)27-17-9-11-19-31(27)40(33(36)38-29)35(43)45-23-25-14-6-3-7-15-25/h2-19,21,29,33,38H,20,22-23H2,1H3,(H,37,41)/t29-,33+,36-/m1/s1. The van der Waals surface area contributed by atoms with Crippen molar-refractivity contribution >= 4 is 34.7 Å². The lowest BCUT2D eigenvalue weighted by atomic mass is 9.72. The number of nitrogens with one attached hydrogen (secondary N) is 2. The first-order valence-electron chi connectivity index (χ1n) is 14.9. The quantitative estimate of drug-likeness (QED) is 0.259. The Balaban J connectivity index is 1.33. The monoisotopic (exact) mass is 600 g/mol. The molecule has 5 aromatic rings. The Morgan fingerprint density at radius 3 is 2.07 bits per heavy atom. The number of carbonyl (C=O) groups is 3. The molecule has 0 radical (unpaired) electrons. The molecule has 226 valence electrons. The first-order valence-corrected chi connectivity index (χ1v) is 14.9. The van der Waals surface area contributed by atoms with Crippen LogP contribution in [0.15, 0.2) is 115 Å². The number of rotatable bonds is 6. The molecule has 2 aliphatic heterocycles. The molecule has 4 aromatic carbocycles. The van der Waals surface area contributed by atoms with Gasteiger partial charge in [0.25, 0.3) is 0 Å². The topological polar surface area (TPSA) is 102 Å². The molecule has 2 N–H and O–H groups in total. The second-order valence-electron chi connectivity index (χ2n) is 11.3. The fourth-order valence-corrected chi connectivity index (χ4v) is 6.79. The van der Waals surface area contributed by atoms with E-state index in [0.29, 0.717) is 17.6 Å². The van der Waals surface area contributed by atoms with E-state index in [4.69, 9.17) is 9.47 Å². The maximum absolute atomic E-state index is 13.9. The van der Waals surface area contributed by atoms with Gasteiger partial charge in [-0.2, -0.15) is 0 Å². The van der Waals surface area contributed by atoms with E-state index in [1.54, 1.807) is 18.1 Å². The third-order valence-corrected chi connectivity index (χ3v) is 8.81. The average Bonchev–Trinajstić information content (AvgIpc) is 3.75. The Hall–Kier alpha value is -5.41. The van der Waals surface area contributed by atoms with E-state index in [2.05, 4.69) is 10.6 Å². The van der Waals surface area contributed by atoms with Crippen molar-refractivity contribution in [2.75, 3.05) is 11.9 Å². The van der Waals surface area contributed by atoms with Crippen molar-refractivity contribution in [2.45, 2.75) is 37.3 Å². The van der Waals surface area contributed by atoms with Crippen LogP contribution in [-0.2, 0) is 32.9 Å². The van der Waals surface area contributed by atoms with Crippen LogP contribution in [0.4, 0.5) is 15.3 Å². The second kappa shape index (κ2) is 11.6. The maximum Gasteiger partial charge on any atom is 0.418 e. The van der Waals surface area contributed by atoms with Gasteiger partial charge in [-0.05, 0) is 40.8 Å². The van der Waals surface area contributed by atoms with Gasteiger partial charge in [0, 0.05) is 18.6 Å². The highest BCUT2D eigenvalue weighted by Crippen LogP contribution is 2.56. The van der Waals surface area contributed by atoms with Crippen molar-refractivity contribution in [3.05, 3.63) is 138 Å². The molecule has 7 rings (SSSR count). The van der Waals surface area contributed by atoms with Crippen LogP contribution in [0.25, 0.3) is 10.9 Å². The highest BCUT2D eigenvalue weighted by atomic mass is 16.6. The number of aromatic nitrogens is 1. The molecule has 2 amide bonds. The van der Waals surface area contributed by atoms with Crippen molar-refractivity contribution in [3.63, 3.8) is 0 Å². The van der Waals surface area contributed by atoms with Gasteiger partial charge >= 0.3 is 12.2 Å². The number of anilines is 1. The predicted octanol–water partition coefficient (Wildman–Crippen LogP) is 5.70. The molecule has 1 aromatic heterocycles. The summed E-state index contributed by atoms with van der Waals surface area (Å²) in [4.78, 5) is 42.2. The van der Waals surface area contributed by atoms with E-state index in [9.17, 15) is 14.4 Å². The van der Waals surface area contributed by atoms with Gasteiger partial charge in [0.05, 0.1) is 22.7 Å². The van der Waals surface area contributed by atoms with Crippen molar-refractivity contribution in [1.82, 2.24) is 15.2 Å². The second-order valence-corrected chi connectivity index (χ2v) is 11.3. The number of likely N-dealkylation sites (N-methyl/N-ethyl adjacent to an activating group) is 1. The third-order valence-electron chi connectivity index (χ3n) is 8.81. The fourth-order valence-electron chi connectivity index (χ4n) is 6.79. The molecule has 3 heterocycles. The van der Waals surface area contributed by atoms with Crippen LogP contribution in [-0.4, -0.2) is 41.9 Å². The van der Waals surface area contributed by atoms with Crippen LogP contribution in [0.2, 0.25) is 0 Å². The van der Waals surface area contributed by atoms with E-state index < -0.39 is 29.8 Å². The number of hydrogen-bond acceptors (Lipinski definition) is 6. The molecule has 0 bridgehead atoms. The molecule has 0 unspecified atom stereocenters. The number of ether oxygens (including phenoxy) is 2. The molecule has 3 atom stereocenters. The van der Waals surface area contributed by atoms with Gasteiger partial charge in [-0.3, -0.25) is 19.6 Å². The zero-order valence-corrected chi connectivity index (χ0v) is 24.7. The summed E-state index contributed by atoms with van der Waals surface area (Å²) in [7, 11) is 1.60. The number of para-hydroxylation sites is 2. The molecule has 1 fully saturated rings. The van der Waals surface area contributed by atoms with Crippen LogP contribution in [0.1, 0.15) is 28.7 Å². The summed E-state index contributed by atoms with van der Waals surface area (Å²) in [6.07, 6.45) is 0.432. The van der Waals surface area contributed by atoms with Crippen molar-refractivity contribution in [1.29, 1.82) is 0 Å². The van der Waals surface area contributed by atoms with Crippen LogP contribution < -0.4 is 15.5 Å². The van der Waals surface area contributed by atoms with Gasteiger partial charge in [0.2, 0.25) is 5.91 Å². The maximum atomic E-state index is 13.9. The number of nitrogens with zero attached hydrogens (tertiary/aromatic N) is 2. The minimum Gasteiger partial charge on any atom is -0.444 e. The van der Waals surface area contributed by atoms with Gasteiger partial charge in [-0.15, -0.1) is 0 Å². The summed E-state index contributed by atoms with van der Waals surface area (Å²) in [5.41, 5.74) is 3.89. The Bertz CT molecular complexity index is 1890. The molecule has 9 nitrogen and oxygen atoms in total. The number of benzene rings is 4. The Labute approximate surface area is 260 Å². The van der Waals surface area contributed by atoms with E-state index >= 15 is 0 Å². The minimum absolute atomic E-state index is 0.101. The zero-order valence-electron chi connectivity index (χ0n) is 24.7. The Morgan fingerprint density at radius 2 is 1.38 bits per heavy atom. The van der Waals surface area contributed by atoms with Crippen molar-refractivity contribution in [3.8, 4) is 0 Å². The summed E-state index contributed by atoms with van der Waals surface area (Å²) < 4.78 is 13.1. The lowest BCUT2D eigenvalue weighted by Gasteiger charge is -2.32. The predicted molar refractivity (Wildman–Crippen MR) is 170 cm³/mol. The smallest absolute Gasteiger partial charge is 0.418 e. The normalized spacial score (nSPS) is 20.0. The Kier molecular flexibility index (Phi) is 7.31. The summed E-state index contributed by atoms with van der Waals surface area (Å²) >= 11 is 0. The molecular formula is C36H32N4O5. The summed E-state index contributed by atoms with van der Waals surface area (Å²) in [6, 6.07) is 33.7. The number of carbonyl (C=O) groups excluding carboxylic acids is 3. The summed E-state index contributed by atoms with van der Waals surface area (Å²) in [5, 5.41) is 7.04. The van der Waals surface area contributed by atoms with Gasteiger partial charge in [-0.25, -0.2) is 9.59 Å². The van der Waals surface area contributed by atoms with E-state index in [0.717, 1.165) is 27.6 Å². The van der Waals surface area contributed by atoms with Crippen molar-refractivity contribution < 1.29 is 23.9 Å². The third kappa shape index (κ3) is 4.81. The SMILES string of the molecule is CNC(=O)[C@H]1C[C@]2(c3cn(C(=O)OCc4ccccc4)c4ccccc34)c3ccccc3N(C(=O)OCc3ccccc3)[C@@H]2N1. The fraction of sp³-hybridized carbons (Fsp3) is 0.194. The molecule has 45 heavy (non-hydrogen) atoms. The van der Waals surface area contributed by atoms with Gasteiger partial charge in [0.1, 0.15) is 19.4 Å². The zero-order chi connectivity index (χ0) is 31.0. The number of amides is 2. The van der Waals surface area contributed by atoms with Crippen LogP contribution in [0.5, 0.6) is 0 Å². The van der Waals surface area contributed by atoms with Crippen LogP contribution in [0, 0.1) is 0 Å². The first kappa shape index (κ1) is 28.4. The van der Waals surface area contributed by atoms with Crippen LogP contribution in [0.3, 0.4) is 0 Å². The van der Waals surface area contributed by atoms with Crippen molar-refractivity contribution in [2.24, 2.45) is 0 Å². The molecule has 2 aliphatic rings. The highest BCUT2D eigenvalue weighted by molar-refractivity contribution is 5.98.